The molecule has 3 aromatic rings. The van der Waals surface area contributed by atoms with E-state index in [1.54, 1.807) is 6.20 Å². The number of nitrogen functional groups attached to an aromatic ring is 1. The van der Waals surface area contributed by atoms with Crippen LogP contribution in [0.25, 0.3) is 10.9 Å². The molecule has 0 fully saturated rings. The summed E-state index contributed by atoms with van der Waals surface area (Å²) in [7, 11) is 0. The van der Waals surface area contributed by atoms with Gasteiger partial charge in [0, 0.05) is 41.9 Å². The highest BCUT2D eigenvalue weighted by Crippen LogP contribution is 2.23. The number of hydrogen-bond acceptors (Lipinski definition) is 4. The maximum absolute atomic E-state index is 5.78. The summed E-state index contributed by atoms with van der Waals surface area (Å²) in [6.45, 7) is 0.869. The Bertz CT molecular complexity index is 710. The molecule has 4 heteroatoms. The number of anilines is 2. The van der Waals surface area contributed by atoms with E-state index in [0.717, 1.165) is 35.2 Å². The lowest BCUT2D eigenvalue weighted by molar-refractivity contribution is 1.01. The zero-order valence-corrected chi connectivity index (χ0v) is 11.1. The number of hydrogen-bond donors (Lipinski definition) is 2. The first kappa shape index (κ1) is 12.4. The fraction of sp³-hybridized carbons (Fsp3) is 0.125. The predicted molar refractivity (Wildman–Crippen MR) is 82.6 cm³/mol. The van der Waals surface area contributed by atoms with Crippen LogP contribution in [-0.4, -0.2) is 16.5 Å². The van der Waals surface area contributed by atoms with E-state index in [9.17, 15) is 0 Å². The highest BCUT2D eigenvalue weighted by atomic mass is 14.9. The quantitative estimate of drug-likeness (QED) is 0.711. The molecule has 0 atom stereocenters. The van der Waals surface area contributed by atoms with E-state index in [1.165, 1.54) is 5.56 Å². The van der Waals surface area contributed by atoms with Crippen molar-refractivity contribution in [1.29, 1.82) is 0 Å². The van der Waals surface area contributed by atoms with E-state index in [0.29, 0.717) is 0 Å². The Morgan fingerprint density at radius 1 is 1.00 bits per heavy atom. The predicted octanol–water partition coefficient (Wildman–Crippen LogP) is 2.87. The van der Waals surface area contributed by atoms with Crippen molar-refractivity contribution < 1.29 is 0 Å². The fourth-order valence-electron chi connectivity index (χ4n) is 2.21. The maximum atomic E-state index is 5.78. The third-order valence-electron chi connectivity index (χ3n) is 3.25. The van der Waals surface area contributed by atoms with Gasteiger partial charge in [0.1, 0.15) is 0 Å². The van der Waals surface area contributed by atoms with Crippen molar-refractivity contribution in [3.8, 4) is 0 Å². The van der Waals surface area contributed by atoms with Crippen LogP contribution < -0.4 is 11.1 Å². The Morgan fingerprint density at radius 2 is 1.85 bits per heavy atom. The van der Waals surface area contributed by atoms with Crippen molar-refractivity contribution >= 4 is 22.3 Å². The molecule has 0 bridgehead atoms. The van der Waals surface area contributed by atoms with Crippen LogP contribution in [-0.2, 0) is 6.42 Å². The molecule has 0 aliphatic carbocycles. The molecule has 1 aromatic carbocycles. The molecule has 0 aliphatic rings. The first-order valence-corrected chi connectivity index (χ1v) is 6.60. The molecule has 100 valence electrons. The summed E-state index contributed by atoms with van der Waals surface area (Å²) in [5.41, 5.74) is 9.79. The average Bonchev–Trinajstić information content (AvgIpc) is 2.48. The standard InChI is InChI=1S/C16H16N4/c17-13-1-2-14-15(6-10-20-16(14)11-13)19-9-5-12-3-7-18-8-4-12/h1-4,6-8,10-11H,5,9,17H2,(H,19,20). The summed E-state index contributed by atoms with van der Waals surface area (Å²) in [6, 6.07) is 11.9. The highest BCUT2D eigenvalue weighted by Gasteiger charge is 2.02. The summed E-state index contributed by atoms with van der Waals surface area (Å²) < 4.78 is 0. The Morgan fingerprint density at radius 3 is 2.70 bits per heavy atom. The Labute approximate surface area is 117 Å². The number of pyridine rings is 2. The van der Waals surface area contributed by atoms with Crippen LogP contribution >= 0.6 is 0 Å². The number of nitrogens with zero attached hydrogens (tertiary/aromatic N) is 2. The molecule has 2 heterocycles. The van der Waals surface area contributed by atoms with Gasteiger partial charge in [-0.25, -0.2) is 0 Å². The number of fused-ring (bicyclic) bond motifs is 1. The van der Waals surface area contributed by atoms with E-state index in [-0.39, 0.29) is 0 Å². The van der Waals surface area contributed by atoms with Crippen LogP contribution in [0.4, 0.5) is 11.4 Å². The lowest BCUT2D eigenvalue weighted by atomic mass is 10.1. The zero-order chi connectivity index (χ0) is 13.8. The second-order valence-electron chi connectivity index (χ2n) is 4.67. The lowest BCUT2D eigenvalue weighted by Gasteiger charge is -2.09. The minimum absolute atomic E-state index is 0.735. The summed E-state index contributed by atoms with van der Waals surface area (Å²) >= 11 is 0. The third kappa shape index (κ3) is 2.69. The molecule has 0 radical (unpaired) electrons. The van der Waals surface area contributed by atoms with Crippen molar-refractivity contribution in [2.75, 3.05) is 17.6 Å². The van der Waals surface area contributed by atoms with Gasteiger partial charge in [0.05, 0.1) is 5.52 Å². The molecular weight excluding hydrogens is 248 g/mol. The van der Waals surface area contributed by atoms with E-state index in [1.807, 2.05) is 48.8 Å². The van der Waals surface area contributed by atoms with Crippen LogP contribution in [0.1, 0.15) is 5.56 Å². The number of nitrogens with two attached hydrogens (primary N) is 1. The molecule has 0 aliphatic heterocycles. The smallest absolute Gasteiger partial charge is 0.0743 e. The van der Waals surface area contributed by atoms with Crippen LogP contribution in [0.15, 0.2) is 55.0 Å². The summed E-state index contributed by atoms with van der Waals surface area (Å²) in [6.07, 6.45) is 6.40. The number of nitrogens with one attached hydrogen (secondary N) is 1. The van der Waals surface area contributed by atoms with E-state index in [4.69, 9.17) is 5.73 Å². The van der Waals surface area contributed by atoms with Gasteiger partial charge in [0.2, 0.25) is 0 Å². The third-order valence-corrected chi connectivity index (χ3v) is 3.25. The maximum Gasteiger partial charge on any atom is 0.0743 e. The van der Waals surface area contributed by atoms with Gasteiger partial charge in [-0.3, -0.25) is 9.97 Å². The molecule has 0 unspecified atom stereocenters. The summed E-state index contributed by atoms with van der Waals surface area (Å²) in [4.78, 5) is 8.36. The second-order valence-corrected chi connectivity index (χ2v) is 4.67. The lowest BCUT2D eigenvalue weighted by Crippen LogP contribution is -2.05. The molecule has 4 nitrogen and oxygen atoms in total. The van der Waals surface area contributed by atoms with Crippen molar-refractivity contribution in [2.24, 2.45) is 0 Å². The van der Waals surface area contributed by atoms with Gasteiger partial charge in [-0.2, -0.15) is 0 Å². The Hall–Kier alpha value is -2.62. The molecule has 0 spiro atoms. The van der Waals surface area contributed by atoms with Crippen molar-refractivity contribution in [2.45, 2.75) is 6.42 Å². The zero-order valence-electron chi connectivity index (χ0n) is 11.1. The van der Waals surface area contributed by atoms with Crippen LogP contribution in [0, 0.1) is 0 Å². The number of benzene rings is 1. The van der Waals surface area contributed by atoms with E-state index < -0.39 is 0 Å². The average molecular weight is 264 g/mol. The monoisotopic (exact) mass is 264 g/mol. The molecule has 0 saturated carbocycles. The normalized spacial score (nSPS) is 10.6. The van der Waals surface area contributed by atoms with Crippen molar-refractivity contribution in [3.63, 3.8) is 0 Å². The number of rotatable bonds is 4. The SMILES string of the molecule is Nc1ccc2c(NCCc3ccncc3)ccnc2c1. The topological polar surface area (TPSA) is 63.8 Å². The van der Waals surface area contributed by atoms with Gasteiger partial charge in [-0.05, 0) is 48.4 Å². The minimum atomic E-state index is 0.735. The molecular formula is C16H16N4. The Balaban J connectivity index is 1.74. The van der Waals surface area contributed by atoms with Gasteiger partial charge in [-0.1, -0.05) is 0 Å². The Kier molecular flexibility index (Phi) is 3.46. The first-order valence-electron chi connectivity index (χ1n) is 6.60. The van der Waals surface area contributed by atoms with Crippen LogP contribution in [0.5, 0.6) is 0 Å². The van der Waals surface area contributed by atoms with Gasteiger partial charge < -0.3 is 11.1 Å². The van der Waals surface area contributed by atoms with Crippen molar-refractivity contribution in [3.05, 3.63) is 60.6 Å². The molecule has 3 N–H and O–H groups in total. The summed E-state index contributed by atoms with van der Waals surface area (Å²) in [5.74, 6) is 0. The molecule has 2 aromatic heterocycles. The minimum Gasteiger partial charge on any atom is -0.399 e. The van der Waals surface area contributed by atoms with Crippen LogP contribution in [0.2, 0.25) is 0 Å². The van der Waals surface area contributed by atoms with Crippen LogP contribution in [0.3, 0.4) is 0 Å². The van der Waals surface area contributed by atoms with Gasteiger partial charge in [0.25, 0.3) is 0 Å². The van der Waals surface area contributed by atoms with Gasteiger partial charge >= 0.3 is 0 Å². The molecule has 3 rings (SSSR count). The molecule has 0 amide bonds. The van der Waals surface area contributed by atoms with Crippen molar-refractivity contribution in [1.82, 2.24) is 9.97 Å². The van der Waals surface area contributed by atoms with Gasteiger partial charge in [-0.15, -0.1) is 0 Å². The number of aromatic nitrogens is 2. The molecule has 20 heavy (non-hydrogen) atoms. The summed E-state index contributed by atoms with van der Waals surface area (Å²) in [5, 5.41) is 4.55. The molecule has 0 saturated heterocycles. The first-order chi connectivity index (χ1) is 9.83. The second kappa shape index (κ2) is 5.57. The highest BCUT2D eigenvalue weighted by molar-refractivity contribution is 5.92. The van der Waals surface area contributed by atoms with E-state index in [2.05, 4.69) is 15.3 Å². The van der Waals surface area contributed by atoms with E-state index >= 15 is 0 Å². The largest absolute Gasteiger partial charge is 0.399 e. The van der Waals surface area contributed by atoms with Gasteiger partial charge in [0.15, 0.2) is 0 Å². The fourth-order valence-corrected chi connectivity index (χ4v) is 2.21.